The summed E-state index contributed by atoms with van der Waals surface area (Å²) in [6, 6.07) is 14.2. The second kappa shape index (κ2) is 8.50. The van der Waals surface area contributed by atoms with Crippen molar-refractivity contribution in [3.05, 3.63) is 82.9 Å². The molecule has 4 rings (SSSR count). The fourth-order valence-electron chi connectivity index (χ4n) is 3.71. The quantitative estimate of drug-likeness (QED) is 0.480. The Morgan fingerprint density at radius 2 is 1.91 bits per heavy atom. The van der Waals surface area contributed by atoms with Crippen molar-refractivity contribution in [3.63, 3.8) is 0 Å². The Kier molecular flexibility index (Phi) is 5.59. The molecule has 8 nitrogen and oxygen atoms in total. The maximum absolute atomic E-state index is 12.8. The number of rotatable bonds is 5. The fraction of sp³-hybridized carbons (Fsp3) is 0.167. The molecule has 2 N–H and O–H groups in total. The Balaban J connectivity index is 1.52. The number of aryl methyl sites for hydroxylation is 2. The van der Waals surface area contributed by atoms with Crippen molar-refractivity contribution in [2.24, 2.45) is 0 Å². The average molecular weight is 429 g/mol. The summed E-state index contributed by atoms with van der Waals surface area (Å²) in [5.74, 6) is -0.228. The van der Waals surface area contributed by atoms with Crippen LogP contribution in [0.3, 0.4) is 0 Å². The zero-order chi connectivity index (χ0) is 22.8. The van der Waals surface area contributed by atoms with E-state index in [-0.39, 0.29) is 12.2 Å². The van der Waals surface area contributed by atoms with E-state index in [0.29, 0.717) is 5.69 Å². The number of nitrogens with one attached hydrogen (secondary N) is 2. The average Bonchev–Trinajstić information content (AvgIpc) is 3.18. The number of nitrogens with zero attached hydrogens (tertiary/aromatic N) is 3. The summed E-state index contributed by atoms with van der Waals surface area (Å²) in [6.45, 7) is 5.40. The molecule has 0 atom stereocenters. The molecule has 1 saturated heterocycles. The molecular formula is C24H23N5O3. The third-order valence-corrected chi connectivity index (χ3v) is 5.21. The van der Waals surface area contributed by atoms with Gasteiger partial charge in [0.2, 0.25) is 5.91 Å². The summed E-state index contributed by atoms with van der Waals surface area (Å²) in [7, 11) is 0. The third-order valence-electron chi connectivity index (χ3n) is 5.21. The van der Waals surface area contributed by atoms with Gasteiger partial charge < -0.3 is 15.2 Å². The highest BCUT2D eigenvalue weighted by molar-refractivity contribution is 6.16. The molecule has 1 aliphatic rings. The Bertz CT molecular complexity index is 1240. The van der Waals surface area contributed by atoms with E-state index in [1.165, 1.54) is 0 Å². The van der Waals surface area contributed by atoms with Gasteiger partial charge in [0, 0.05) is 23.3 Å². The first kappa shape index (κ1) is 21.0. The lowest BCUT2D eigenvalue weighted by atomic mass is 10.2. The minimum absolute atomic E-state index is 0.125. The molecule has 32 heavy (non-hydrogen) atoms. The van der Waals surface area contributed by atoms with Crippen LogP contribution in [0.15, 0.2) is 60.4 Å². The molecule has 0 radical (unpaired) electrons. The Labute approximate surface area is 185 Å². The summed E-state index contributed by atoms with van der Waals surface area (Å²) in [4.78, 5) is 42.8. The summed E-state index contributed by atoms with van der Waals surface area (Å²) >= 11 is 0. The zero-order valence-corrected chi connectivity index (χ0v) is 18.0. The molecule has 3 heterocycles. The van der Waals surface area contributed by atoms with Crippen LogP contribution in [0.5, 0.6) is 0 Å². The molecule has 1 aromatic carbocycles. The van der Waals surface area contributed by atoms with Crippen LogP contribution in [0.25, 0.3) is 11.9 Å². The molecule has 1 aliphatic heterocycles. The van der Waals surface area contributed by atoms with Crippen LogP contribution >= 0.6 is 0 Å². The smallest absolute Gasteiger partial charge is 0.325 e. The van der Waals surface area contributed by atoms with E-state index in [0.717, 1.165) is 33.2 Å². The number of hydrogen-bond acceptors (Lipinski definition) is 4. The summed E-state index contributed by atoms with van der Waals surface area (Å²) in [5, 5.41) is 5.28. The van der Waals surface area contributed by atoms with Crippen LogP contribution in [0.2, 0.25) is 0 Å². The van der Waals surface area contributed by atoms with Crippen LogP contribution in [-0.2, 0) is 9.59 Å². The highest BCUT2D eigenvalue weighted by Gasteiger charge is 2.35. The van der Waals surface area contributed by atoms with Gasteiger partial charge >= 0.3 is 6.03 Å². The molecule has 8 heteroatoms. The SMILES string of the molecule is Cc1cccc(NC(=O)CN2C(=O)N/C(=C\c3cc(C)n(-c4ccccn4)c3C)C2=O)c1. The van der Waals surface area contributed by atoms with E-state index < -0.39 is 17.8 Å². The van der Waals surface area contributed by atoms with E-state index in [4.69, 9.17) is 0 Å². The molecule has 0 unspecified atom stereocenters. The lowest BCUT2D eigenvalue weighted by Crippen LogP contribution is -2.38. The Morgan fingerprint density at radius 3 is 2.62 bits per heavy atom. The van der Waals surface area contributed by atoms with Crippen molar-refractivity contribution < 1.29 is 14.4 Å². The number of benzene rings is 1. The second-order valence-corrected chi connectivity index (χ2v) is 7.65. The van der Waals surface area contributed by atoms with Gasteiger partial charge in [-0.25, -0.2) is 14.7 Å². The van der Waals surface area contributed by atoms with Crippen molar-refractivity contribution >= 4 is 29.6 Å². The first-order chi connectivity index (χ1) is 15.3. The number of anilines is 1. The molecule has 0 saturated carbocycles. The normalized spacial score (nSPS) is 14.7. The molecule has 3 aromatic rings. The van der Waals surface area contributed by atoms with E-state index in [1.54, 1.807) is 18.3 Å². The van der Waals surface area contributed by atoms with E-state index in [9.17, 15) is 14.4 Å². The predicted octanol–water partition coefficient (Wildman–Crippen LogP) is 3.33. The zero-order valence-electron chi connectivity index (χ0n) is 18.0. The third kappa shape index (κ3) is 4.15. The van der Waals surface area contributed by atoms with Crippen molar-refractivity contribution in [2.75, 3.05) is 11.9 Å². The van der Waals surface area contributed by atoms with Crippen molar-refractivity contribution in [3.8, 4) is 5.82 Å². The monoisotopic (exact) mass is 429 g/mol. The van der Waals surface area contributed by atoms with Crippen LogP contribution < -0.4 is 10.6 Å². The van der Waals surface area contributed by atoms with Crippen LogP contribution in [0, 0.1) is 20.8 Å². The van der Waals surface area contributed by atoms with Crippen molar-refractivity contribution in [2.45, 2.75) is 20.8 Å². The van der Waals surface area contributed by atoms with Crippen LogP contribution in [0.1, 0.15) is 22.5 Å². The van der Waals surface area contributed by atoms with Crippen molar-refractivity contribution in [1.29, 1.82) is 0 Å². The largest absolute Gasteiger partial charge is 0.329 e. The Hall–Kier alpha value is -4.20. The summed E-state index contributed by atoms with van der Waals surface area (Å²) < 4.78 is 1.97. The van der Waals surface area contributed by atoms with Crippen LogP contribution in [0.4, 0.5) is 10.5 Å². The van der Waals surface area contributed by atoms with E-state index in [2.05, 4.69) is 15.6 Å². The summed E-state index contributed by atoms with van der Waals surface area (Å²) in [6.07, 6.45) is 3.34. The highest BCUT2D eigenvalue weighted by atomic mass is 16.2. The van der Waals surface area contributed by atoms with Gasteiger partial charge in [0.15, 0.2) is 0 Å². The standard InChI is InChI=1S/C24H23N5O3/c1-15-7-6-8-19(11-15)26-22(30)14-28-23(31)20(27-24(28)32)13-18-12-16(2)29(17(18)3)21-9-4-5-10-25-21/h4-13H,14H2,1-3H3,(H,26,30)(H,27,32)/b20-13-. The van der Waals surface area contributed by atoms with E-state index >= 15 is 0 Å². The second-order valence-electron chi connectivity index (χ2n) is 7.65. The predicted molar refractivity (Wildman–Crippen MR) is 121 cm³/mol. The van der Waals surface area contributed by atoms with Gasteiger partial charge in [0.25, 0.3) is 5.91 Å². The number of urea groups is 1. The maximum Gasteiger partial charge on any atom is 0.329 e. The first-order valence-electron chi connectivity index (χ1n) is 10.1. The fourth-order valence-corrected chi connectivity index (χ4v) is 3.71. The molecule has 0 bridgehead atoms. The molecule has 162 valence electrons. The van der Waals surface area contributed by atoms with Gasteiger partial charge in [-0.1, -0.05) is 18.2 Å². The van der Waals surface area contributed by atoms with Gasteiger partial charge in [0.05, 0.1) is 0 Å². The van der Waals surface area contributed by atoms with Gasteiger partial charge in [0.1, 0.15) is 18.1 Å². The number of pyridine rings is 1. The number of imide groups is 1. The lowest BCUT2D eigenvalue weighted by molar-refractivity contribution is -0.127. The lowest BCUT2D eigenvalue weighted by Gasteiger charge is -2.12. The highest BCUT2D eigenvalue weighted by Crippen LogP contribution is 2.23. The number of hydrogen-bond donors (Lipinski definition) is 2. The molecule has 4 amide bonds. The van der Waals surface area contributed by atoms with Crippen LogP contribution in [-0.4, -0.2) is 38.8 Å². The van der Waals surface area contributed by atoms with Gasteiger partial charge in [-0.05, 0) is 68.3 Å². The number of carbonyl (C=O) groups excluding carboxylic acids is 3. The number of carbonyl (C=O) groups is 3. The molecule has 2 aromatic heterocycles. The molecular weight excluding hydrogens is 406 g/mol. The number of amides is 4. The van der Waals surface area contributed by atoms with E-state index in [1.807, 2.05) is 67.8 Å². The molecule has 1 fully saturated rings. The molecule has 0 aliphatic carbocycles. The van der Waals surface area contributed by atoms with Crippen molar-refractivity contribution in [1.82, 2.24) is 19.8 Å². The van der Waals surface area contributed by atoms with Gasteiger partial charge in [-0.15, -0.1) is 0 Å². The Morgan fingerprint density at radius 1 is 1.09 bits per heavy atom. The minimum atomic E-state index is -0.626. The number of aromatic nitrogens is 2. The van der Waals surface area contributed by atoms with Gasteiger partial charge in [-0.2, -0.15) is 0 Å². The minimum Gasteiger partial charge on any atom is -0.325 e. The molecule has 0 spiro atoms. The maximum atomic E-state index is 12.8. The first-order valence-corrected chi connectivity index (χ1v) is 10.1. The topological polar surface area (TPSA) is 96.3 Å². The summed E-state index contributed by atoms with van der Waals surface area (Å²) in [5.41, 5.74) is 4.33. The van der Waals surface area contributed by atoms with Gasteiger partial charge in [-0.3, -0.25) is 9.59 Å².